The van der Waals surface area contributed by atoms with Gasteiger partial charge in [-0.05, 0) is 40.4 Å². The van der Waals surface area contributed by atoms with Gasteiger partial charge in [0.15, 0.2) is 0 Å². The van der Waals surface area contributed by atoms with Crippen LogP contribution in [0.25, 0.3) is 0 Å². The molecule has 1 rings (SSSR count). The van der Waals surface area contributed by atoms with Crippen molar-refractivity contribution in [2.24, 2.45) is 0 Å². The van der Waals surface area contributed by atoms with E-state index in [1.165, 1.54) is 0 Å². The molecule has 0 aliphatic carbocycles. The second-order valence-electron chi connectivity index (χ2n) is 3.44. The molecule has 0 N–H and O–H groups in total. The van der Waals surface area contributed by atoms with E-state index < -0.39 is 0 Å². The Morgan fingerprint density at radius 1 is 1.60 bits per heavy atom. The van der Waals surface area contributed by atoms with Crippen molar-refractivity contribution in [2.75, 3.05) is 6.61 Å². The first-order valence-corrected chi connectivity index (χ1v) is 5.68. The summed E-state index contributed by atoms with van der Waals surface area (Å²) in [6.07, 6.45) is 1.68. The SMILES string of the molecule is CCOC(=O)c1c(C(C)C)ccnc1Br. The standard InChI is InChI=1S/C11H14BrNO2/c1-4-15-11(14)9-8(7(2)3)5-6-13-10(9)12/h5-7H,4H2,1-3H3. The lowest BCUT2D eigenvalue weighted by Crippen LogP contribution is -2.10. The second kappa shape index (κ2) is 5.26. The number of esters is 1. The molecule has 1 heterocycles. The molecule has 0 atom stereocenters. The second-order valence-corrected chi connectivity index (χ2v) is 4.19. The molecule has 0 aliphatic rings. The fraction of sp³-hybridized carbons (Fsp3) is 0.455. The van der Waals surface area contributed by atoms with Gasteiger partial charge in [-0.2, -0.15) is 0 Å². The summed E-state index contributed by atoms with van der Waals surface area (Å²) >= 11 is 3.27. The third-order valence-electron chi connectivity index (χ3n) is 2.04. The van der Waals surface area contributed by atoms with Gasteiger partial charge in [0, 0.05) is 6.20 Å². The van der Waals surface area contributed by atoms with Crippen LogP contribution in [-0.2, 0) is 4.74 Å². The Hall–Kier alpha value is -0.900. The Bertz CT molecular complexity index is 364. The van der Waals surface area contributed by atoms with E-state index in [1.807, 2.05) is 19.9 Å². The number of nitrogens with zero attached hydrogens (tertiary/aromatic N) is 1. The molecule has 0 unspecified atom stereocenters. The highest BCUT2D eigenvalue weighted by atomic mass is 79.9. The molecule has 0 spiro atoms. The van der Waals surface area contributed by atoms with Gasteiger partial charge in [-0.3, -0.25) is 0 Å². The first-order valence-electron chi connectivity index (χ1n) is 4.89. The minimum Gasteiger partial charge on any atom is -0.462 e. The Morgan fingerprint density at radius 3 is 2.80 bits per heavy atom. The summed E-state index contributed by atoms with van der Waals surface area (Å²) in [6, 6.07) is 1.85. The highest BCUT2D eigenvalue weighted by molar-refractivity contribution is 9.10. The van der Waals surface area contributed by atoms with E-state index in [0.29, 0.717) is 16.8 Å². The van der Waals surface area contributed by atoms with Crippen molar-refractivity contribution >= 4 is 21.9 Å². The molecule has 0 fully saturated rings. The molecule has 82 valence electrons. The number of aromatic nitrogens is 1. The van der Waals surface area contributed by atoms with Crippen LogP contribution in [0.3, 0.4) is 0 Å². The van der Waals surface area contributed by atoms with Crippen molar-refractivity contribution in [1.29, 1.82) is 0 Å². The predicted octanol–water partition coefficient (Wildman–Crippen LogP) is 3.14. The average Bonchev–Trinajstić information content (AvgIpc) is 2.17. The maximum absolute atomic E-state index is 11.7. The summed E-state index contributed by atoms with van der Waals surface area (Å²) in [6.45, 7) is 6.23. The van der Waals surface area contributed by atoms with Crippen LogP contribution >= 0.6 is 15.9 Å². The van der Waals surface area contributed by atoms with E-state index in [2.05, 4.69) is 20.9 Å². The summed E-state index contributed by atoms with van der Waals surface area (Å²) in [7, 11) is 0. The van der Waals surface area contributed by atoms with Crippen molar-refractivity contribution in [3.63, 3.8) is 0 Å². The van der Waals surface area contributed by atoms with Crippen LogP contribution in [0.1, 0.15) is 42.6 Å². The monoisotopic (exact) mass is 271 g/mol. The van der Waals surface area contributed by atoms with Gasteiger partial charge in [0.05, 0.1) is 12.2 Å². The quantitative estimate of drug-likeness (QED) is 0.626. The number of ether oxygens (including phenoxy) is 1. The van der Waals surface area contributed by atoms with Gasteiger partial charge in [-0.25, -0.2) is 9.78 Å². The molecule has 0 bridgehead atoms. The summed E-state index contributed by atoms with van der Waals surface area (Å²) in [5.74, 6) is -0.0510. The maximum atomic E-state index is 11.7. The minimum atomic E-state index is -0.318. The molecular formula is C11H14BrNO2. The van der Waals surface area contributed by atoms with Gasteiger partial charge in [0.2, 0.25) is 0 Å². The van der Waals surface area contributed by atoms with Gasteiger partial charge >= 0.3 is 5.97 Å². The molecule has 15 heavy (non-hydrogen) atoms. The summed E-state index contributed by atoms with van der Waals surface area (Å²) < 4.78 is 5.54. The van der Waals surface area contributed by atoms with Crippen molar-refractivity contribution in [3.8, 4) is 0 Å². The molecule has 4 heteroatoms. The van der Waals surface area contributed by atoms with Gasteiger partial charge in [-0.1, -0.05) is 13.8 Å². The average molecular weight is 272 g/mol. The number of halogens is 1. The number of rotatable bonds is 3. The van der Waals surface area contributed by atoms with Crippen molar-refractivity contribution in [3.05, 3.63) is 28.0 Å². The molecule has 3 nitrogen and oxygen atoms in total. The zero-order valence-electron chi connectivity index (χ0n) is 9.08. The molecule has 0 aromatic carbocycles. The Morgan fingerprint density at radius 2 is 2.27 bits per heavy atom. The summed E-state index contributed by atoms with van der Waals surface area (Å²) in [5.41, 5.74) is 1.49. The Labute approximate surface area is 98.0 Å². The highest BCUT2D eigenvalue weighted by Gasteiger charge is 2.18. The number of carbonyl (C=O) groups excluding carboxylic acids is 1. The molecule has 0 saturated heterocycles. The first-order chi connectivity index (χ1) is 7.07. The molecular weight excluding hydrogens is 258 g/mol. The van der Waals surface area contributed by atoms with E-state index in [-0.39, 0.29) is 11.9 Å². The van der Waals surface area contributed by atoms with Crippen molar-refractivity contribution in [2.45, 2.75) is 26.7 Å². The van der Waals surface area contributed by atoms with E-state index in [4.69, 9.17) is 4.74 Å². The third-order valence-corrected chi connectivity index (χ3v) is 2.64. The Kier molecular flexibility index (Phi) is 4.27. The van der Waals surface area contributed by atoms with Gasteiger partial charge in [0.25, 0.3) is 0 Å². The first kappa shape index (κ1) is 12.2. The summed E-state index contributed by atoms with van der Waals surface area (Å²) in [5, 5.41) is 0. The van der Waals surface area contributed by atoms with Crippen LogP contribution in [0.4, 0.5) is 0 Å². The van der Waals surface area contributed by atoms with Crippen LogP contribution in [0.2, 0.25) is 0 Å². The van der Waals surface area contributed by atoms with Gasteiger partial charge in [0.1, 0.15) is 4.60 Å². The fourth-order valence-electron chi connectivity index (χ4n) is 1.34. The molecule has 0 radical (unpaired) electrons. The topological polar surface area (TPSA) is 39.2 Å². The van der Waals surface area contributed by atoms with Gasteiger partial charge in [-0.15, -0.1) is 0 Å². The van der Waals surface area contributed by atoms with Crippen LogP contribution in [-0.4, -0.2) is 17.6 Å². The summed E-state index contributed by atoms with van der Waals surface area (Å²) in [4.78, 5) is 15.7. The van der Waals surface area contributed by atoms with E-state index in [0.717, 1.165) is 5.56 Å². The number of carbonyl (C=O) groups is 1. The molecule has 0 saturated carbocycles. The molecule has 0 amide bonds. The smallest absolute Gasteiger partial charge is 0.341 e. The lowest BCUT2D eigenvalue weighted by molar-refractivity contribution is 0.0523. The van der Waals surface area contributed by atoms with Crippen LogP contribution in [0, 0.1) is 0 Å². The Balaban J connectivity index is 3.18. The number of pyridine rings is 1. The predicted molar refractivity (Wildman–Crippen MR) is 62.0 cm³/mol. The van der Waals surface area contributed by atoms with Crippen LogP contribution < -0.4 is 0 Å². The highest BCUT2D eigenvalue weighted by Crippen LogP contribution is 2.25. The van der Waals surface area contributed by atoms with E-state index >= 15 is 0 Å². The van der Waals surface area contributed by atoms with Crippen molar-refractivity contribution in [1.82, 2.24) is 4.98 Å². The third kappa shape index (κ3) is 2.78. The van der Waals surface area contributed by atoms with Crippen LogP contribution in [0.5, 0.6) is 0 Å². The lowest BCUT2D eigenvalue weighted by atomic mass is 9.99. The van der Waals surface area contributed by atoms with Crippen molar-refractivity contribution < 1.29 is 9.53 Å². The zero-order valence-corrected chi connectivity index (χ0v) is 10.7. The van der Waals surface area contributed by atoms with Crippen LogP contribution in [0.15, 0.2) is 16.9 Å². The van der Waals surface area contributed by atoms with E-state index in [1.54, 1.807) is 13.1 Å². The maximum Gasteiger partial charge on any atom is 0.341 e. The fourth-order valence-corrected chi connectivity index (χ4v) is 1.85. The largest absolute Gasteiger partial charge is 0.462 e. The molecule has 1 aromatic heterocycles. The molecule has 1 aromatic rings. The van der Waals surface area contributed by atoms with E-state index in [9.17, 15) is 4.79 Å². The molecule has 0 aliphatic heterocycles. The normalized spacial score (nSPS) is 10.5. The minimum absolute atomic E-state index is 0.267. The number of hydrogen-bond acceptors (Lipinski definition) is 3. The zero-order chi connectivity index (χ0) is 11.4. The van der Waals surface area contributed by atoms with Gasteiger partial charge < -0.3 is 4.74 Å². The number of hydrogen-bond donors (Lipinski definition) is 0. The lowest BCUT2D eigenvalue weighted by Gasteiger charge is -2.12.